The molecule has 0 aliphatic carbocycles. The molecule has 1 amide bonds. The topological polar surface area (TPSA) is 92.6 Å². The number of nitro benzene ring substituents is 1. The van der Waals surface area contributed by atoms with Gasteiger partial charge in [0, 0.05) is 37.7 Å². The number of anilines is 1. The number of piperidine rings is 1. The SMILES string of the molecule is CNC(=O)c1ccc(N2CCC(C=O)CC2)c([N+](=O)[O-])c1. The Labute approximate surface area is 122 Å². The maximum atomic E-state index is 11.6. The summed E-state index contributed by atoms with van der Waals surface area (Å²) in [6.45, 7) is 1.20. The quantitative estimate of drug-likeness (QED) is 0.514. The Bertz CT molecular complexity index is 565. The smallest absolute Gasteiger partial charge is 0.293 e. The minimum Gasteiger partial charge on any atom is -0.366 e. The van der Waals surface area contributed by atoms with E-state index in [4.69, 9.17) is 0 Å². The monoisotopic (exact) mass is 291 g/mol. The molecule has 1 aliphatic heterocycles. The van der Waals surface area contributed by atoms with Crippen LogP contribution in [0.2, 0.25) is 0 Å². The number of carbonyl (C=O) groups is 2. The van der Waals surface area contributed by atoms with E-state index in [1.54, 1.807) is 12.1 Å². The van der Waals surface area contributed by atoms with Crippen molar-refractivity contribution in [3.05, 3.63) is 33.9 Å². The molecule has 0 unspecified atom stereocenters. The summed E-state index contributed by atoms with van der Waals surface area (Å²) in [4.78, 5) is 35.0. The van der Waals surface area contributed by atoms with Gasteiger partial charge in [-0.15, -0.1) is 0 Å². The summed E-state index contributed by atoms with van der Waals surface area (Å²) in [6, 6.07) is 4.47. The number of nitro groups is 1. The van der Waals surface area contributed by atoms with E-state index in [0.29, 0.717) is 31.6 Å². The number of nitrogens with zero attached hydrogens (tertiary/aromatic N) is 2. The van der Waals surface area contributed by atoms with E-state index >= 15 is 0 Å². The molecule has 1 heterocycles. The highest BCUT2D eigenvalue weighted by molar-refractivity contribution is 5.95. The zero-order valence-corrected chi connectivity index (χ0v) is 11.7. The fourth-order valence-electron chi connectivity index (χ4n) is 2.50. The fraction of sp³-hybridized carbons (Fsp3) is 0.429. The third-order valence-electron chi connectivity index (χ3n) is 3.73. The van der Waals surface area contributed by atoms with Crippen molar-refractivity contribution in [2.24, 2.45) is 5.92 Å². The molecule has 0 aromatic heterocycles. The van der Waals surface area contributed by atoms with E-state index in [0.717, 1.165) is 6.29 Å². The first-order chi connectivity index (χ1) is 10.1. The Hall–Kier alpha value is -2.44. The predicted octanol–water partition coefficient (Wildman–Crippen LogP) is 1.37. The van der Waals surface area contributed by atoms with Gasteiger partial charge in [0.1, 0.15) is 12.0 Å². The standard InChI is InChI=1S/C14H17N3O4/c1-15-14(19)11-2-3-12(13(8-11)17(20)21)16-6-4-10(9-18)5-7-16/h2-3,8-10H,4-7H2,1H3,(H,15,19). The second-order valence-electron chi connectivity index (χ2n) is 5.00. The number of aldehydes is 1. The van der Waals surface area contributed by atoms with Gasteiger partial charge in [0.05, 0.1) is 4.92 Å². The molecule has 1 aromatic rings. The van der Waals surface area contributed by atoms with Gasteiger partial charge in [-0.3, -0.25) is 14.9 Å². The van der Waals surface area contributed by atoms with E-state index in [1.165, 1.54) is 13.1 Å². The summed E-state index contributed by atoms with van der Waals surface area (Å²) in [6.07, 6.45) is 2.33. The highest BCUT2D eigenvalue weighted by Crippen LogP contribution is 2.32. The van der Waals surface area contributed by atoms with Gasteiger partial charge in [-0.25, -0.2) is 0 Å². The molecule has 1 aromatic carbocycles. The van der Waals surface area contributed by atoms with E-state index in [2.05, 4.69) is 5.32 Å². The fourth-order valence-corrected chi connectivity index (χ4v) is 2.50. The average molecular weight is 291 g/mol. The van der Waals surface area contributed by atoms with Crippen LogP contribution in [-0.2, 0) is 4.79 Å². The zero-order valence-electron chi connectivity index (χ0n) is 11.7. The molecule has 112 valence electrons. The number of benzene rings is 1. The normalized spacial score (nSPS) is 15.6. The first-order valence-corrected chi connectivity index (χ1v) is 6.77. The van der Waals surface area contributed by atoms with Crippen LogP contribution in [0.5, 0.6) is 0 Å². The largest absolute Gasteiger partial charge is 0.366 e. The van der Waals surface area contributed by atoms with Crippen LogP contribution in [-0.4, -0.2) is 37.3 Å². The number of nitrogens with one attached hydrogen (secondary N) is 1. The molecule has 7 nitrogen and oxygen atoms in total. The molecule has 0 spiro atoms. The number of hydrogen-bond donors (Lipinski definition) is 1. The van der Waals surface area contributed by atoms with Gasteiger partial charge in [-0.1, -0.05) is 0 Å². The van der Waals surface area contributed by atoms with E-state index in [9.17, 15) is 19.7 Å². The van der Waals surface area contributed by atoms with Crippen LogP contribution in [0.3, 0.4) is 0 Å². The number of rotatable bonds is 4. The molecule has 0 bridgehead atoms. The lowest BCUT2D eigenvalue weighted by Gasteiger charge is -2.31. The van der Waals surface area contributed by atoms with E-state index in [1.807, 2.05) is 4.90 Å². The minimum absolute atomic E-state index is 0.0328. The van der Waals surface area contributed by atoms with Crippen LogP contribution >= 0.6 is 0 Å². The summed E-state index contributed by atoms with van der Waals surface area (Å²) in [5.41, 5.74) is 0.674. The van der Waals surface area contributed by atoms with Crippen molar-refractivity contribution in [2.45, 2.75) is 12.8 Å². The van der Waals surface area contributed by atoms with E-state index in [-0.39, 0.29) is 23.1 Å². The molecule has 0 atom stereocenters. The lowest BCUT2D eigenvalue weighted by molar-refractivity contribution is -0.384. The molecule has 0 saturated carbocycles. The first-order valence-electron chi connectivity index (χ1n) is 6.77. The molecular weight excluding hydrogens is 274 g/mol. The Balaban J connectivity index is 2.29. The van der Waals surface area contributed by atoms with Gasteiger partial charge < -0.3 is 15.0 Å². The highest BCUT2D eigenvalue weighted by atomic mass is 16.6. The second-order valence-corrected chi connectivity index (χ2v) is 5.00. The van der Waals surface area contributed by atoms with Crippen LogP contribution in [0.4, 0.5) is 11.4 Å². The summed E-state index contributed by atoms with van der Waals surface area (Å²) >= 11 is 0. The van der Waals surface area contributed by atoms with Crippen molar-refractivity contribution in [3.8, 4) is 0 Å². The van der Waals surface area contributed by atoms with E-state index < -0.39 is 4.92 Å². The van der Waals surface area contributed by atoms with Crippen molar-refractivity contribution in [2.75, 3.05) is 25.0 Å². The number of amides is 1. The average Bonchev–Trinajstić information content (AvgIpc) is 2.53. The molecular formula is C14H17N3O4. The lowest BCUT2D eigenvalue weighted by atomic mass is 9.98. The summed E-state index contributed by atoms with van der Waals surface area (Å²) in [5.74, 6) is -0.324. The zero-order chi connectivity index (χ0) is 15.4. The third-order valence-corrected chi connectivity index (χ3v) is 3.73. The van der Waals surface area contributed by atoms with Crippen molar-refractivity contribution in [3.63, 3.8) is 0 Å². The molecule has 21 heavy (non-hydrogen) atoms. The Kier molecular flexibility index (Phi) is 4.52. The Morgan fingerprint density at radius 3 is 2.62 bits per heavy atom. The van der Waals surface area contributed by atoms with Crippen LogP contribution in [0, 0.1) is 16.0 Å². The molecule has 7 heteroatoms. The van der Waals surface area contributed by atoms with Gasteiger partial charge in [0.25, 0.3) is 11.6 Å². The molecule has 1 fully saturated rings. The second kappa shape index (κ2) is 6.34. The molecule has 2 rings (SSSR count). The van der Waals surface area contributed by atoms with Gasteiger partial charge in [-0.2, -0.15) is 0 Å². The van der Waals surface area contributed by atoms with Gasteiger partial charge >= 0.3 is 0 Å². The van der Waals surface area contributed by atoms with Crippen molar-refractivity contribution >= 4 is 23.6 Å². The number of carbonyl (C=O) groups excluding carboxylic acids is 2. The summed E-state index contributed by atoms with van der Waals surface area (Å²) < 4.78 is 0. The Morgan fingerprint density at radius 1 is 1.43 bits per heavy atom. The molecule has 1 saturated heterocycles. The van der Waals surface area contributed by atoms with Crippen LogP contribution < -0.4 is 10.2 Å². The van der Waals surface area contributed by atoms with Crippen molar-refractivity contribution in [1.82, 2.24) is 5.32 Å². The molecule has 0 radical (unpaired) electrons. The van der Waals surface area contributed by atoms with Gasteiger partial charge in [-0.05, 0) is 25.0 Å². The maximum absolute atomic E-state index is 11.6. The van der Waals surface area contributed by atoms with Crippen molar-refractivity contribution < 1.29 is 14.5 Å². The first kappa shape index (κ1) is 15.0. The van der Waals surface area contributed by atoms with Gasteiger partial charge in [0.2, 0.25) is 0 Å². The van der Waals surface area contributed by atoms with Crippen molar-refractivity contribution in [1.29, 1.82) is 0 Å². The summed E-state index contributed by atoms with van der Waals surface area (Å²) in [7, 11) is 1.48. The highest BCUT2D eigenvalue weighted by Gasteiger charge is 2.25. The summed E-state index contributed by atoms with van der Waals surface area (Å²) in [5, 5.41) is 13.7. The predicted molar refractivity (Wildman–Crippen MR) is 77.5 cm³/mol. The number of hydrogen-bond acceptors (Lipinski definition) is 5. The van der Waals surface area contributed by atoms with Crippen LogP contribution in [0.15, 0.2) is 18.2 Å². The van der Waals surface area contributed by atoms with Crippen LogP contribution in [0.25, 0.3) is 0 Å². The third kappa shape index (κ3) is 3.18. The van der Waals surface area contributed by atoms with Crippen LogP contribution in [0.1, 0.15) is 23.2 Å². The Morgan fingerprint density at radius 2 is 2.10 bits per heavy atom. The van der Waals surface area contributed by atoms with Gasteiger partial charge in [0.15, 0.2) is 0 Å². The minimum atomic E-state index is -0.479. The maximum Gasteiger partial charge on any atom is 0.293 e. The molecule has 1 aliphatic rings. The molecule has 1 N–H and O–H groups in total. The lowest BCUT2D eigenvalue weighted by Crippen LogP contribution is -2.34.